The maximum Gasteiger partial charge on any atom is 0.188 e. The predicted molar refractivity (Wildman–Crippen MR) is 59.8 cm³/mol. The van der Waals surface area contributed by atoms with Gasteiger partial charge in [0, 0.05) is 10.6 Å². The lowest BCUT2D eigenvalue weighted by Crippen LogP contribution is -2.02. The van der Waals surface area contributed by atoms with Crippen LogP contribution >= 0.6 is 11.6 Å². The van der Waals surface area contributed by atoms with Crippen molar-refractivity contribution in [2.24, 2.45) is 0 Å². The molecule has 0 aliphatic carbocycles. The Morgan fingerprint density at radius 3 is 2.71 bits per heavy atom. The van der Waals surface area contributed by atoms with Crippen molar-refractivity contribution in [2.45, 2.75) is 20.3 Å². The lowest BCUT2D eigenvalue weighted by Gasteiger charge is -2.03. The Hall–Kier alpha value is -1.08. The summed E-state index contributed by atoms with van der Waals surface area (Å²) in [6, 6.07) is 7.04. The molecule has 14 heavy (non-hydrogen) atoms. The standard InChI is InChI=1S/C12H13ClO/c1-3-9(4-2)12(14)10-6-5-7-11(13)8-10/h3,5-8H,4H2,1-2H3/b9-3-. The molecule has 74 valence electrons. The van der Waals surface area contributed by atoms with Crippen molar-refractivity contribution >= 4 is 17.4 Å². The molecule has 0 atom stereocenters. The summed E-state index contributed by atoms with van der Waals surface area (Å²) in [6.07, 6.45) is 2.60. The number of hydrogen-bond acceptors (Lipinski definition) is 1. The van der Waals surface area contributed by atoms with Crippen LogP contribution in [0.4, 0.5) is 0 Å². The van der Waals surface area contributed by atoms with E-state index in [-0.39, 0.29) is 5.78 Å². The van der Waals surface area contributed by atoms with Crippen LogP contribution in [0.2, 0.25) is 5.02 Å². The van der Waals surface area contributed by atoms with Crippen molar-refractivity contribution in [3.63, 3.8) is 0 Å². The van der Waals surface area contributed by atoms with Crippen LogP contribution in [-0.2, 0) is 0 Å². The maximum absolute atomic E-state index is 11.8. The molecule has 0 heterocycles. The van der Waals surface area contributed by atoms with Crippen molar-refractivity contribution in [1.82, 2.24) is 0 Å². The molecule has 0 aliphatic heterocycles. The molecular formula is C12H13ClO. The smallest absolute Gasteiger partial charge is 0.188 e. The average Bonchev–Trinajstić information content (AvgIpc) is 2.19. The Morgan fingerprint density at radius 1 is 1.50 bits per heavy atom. The summed E-state index contributed by atoms with van der Waals surface area (Å²) in [7, 11) is 0. The van der Waals surface area contributed by atoms with Crippen LogP contribution in [0, 0.1) is 0 Å². The molecule has 0 amide bonds. The van der Waals surface area contributed by atoms with Gasteiger partial charge in [-0.15, -0.1) is 0 Å². The Balaban J connectivity index is 3.00. The Labute approximate surface area is 89.4 Å². The Kier molecular flexibility index (Phi) is 3.90. The molecule has 0 aliphatic rings. The van der Waals surface area contributed by atoms with E-state index < -0.39 is 0 Å². The van der Waals surface area contributed by atoms with Crippen LogP contribution in [0.1, 0.15) is 30.6 Å². The average molecular weight is 209 g/mol. The summed E-state index contributed by atoms with van der Waals surface area (Å²) in [5.41, 5.74) is 1.49. The molecular weight excluding hydrogens is 196 g/mol. The molecule has 0 spiro atoms. The third-order valence-corrected chi connectivity index (χ3v) is 2.34. The Morgan fingerprint density at radius 2 is 2.21 bits per heavy atom. The fraction of sp³-hybridized carbons (Fsp3) is 0.250. The van der Waals surface area contributed by atoms with E-state index in [1.807, 2.05) is 19.9 Å². The molecule has 0 aromatic heterocycles. The van der Waals surface area contributed by atoms with Crippen molar-refractivity contribution in [3.05, 3.63) is 46.5 Å². The fourth-order valence-corrected chi connectivity index (χ4v) is 1.50. The van der Waals surface area contributed by atoms with Gasteiger partial charge >= 0.3 is 0 Å². The van der Waals surface area contributed by atoms with E-state index in [4.69, 9.17) is 11.6 Å². The number of benzene rings is 1. The Bertz CT molecular complexity index is 366. The molecule has 1 rings (SSSR count). The van der Waals surface area contributed by atoms with Crippen LogP contribution in [0.5, 0.6) is 0 Å². The largest absolute Gasteiger partial charge is 0.289 e. The topological polar surface area (TPSA) is 17.1 Å². The first-order chi connectivity index (χ1) is 6.69. The molecule has 0 saturated carbocycles. The van der Waals surface area contributed by atoms with Gasteiger partial charge in [-0.1, -0.05) is 36.7 Å². The molecule has 1 aromatic rings. The summed E-state index contributed by atoms with van der Waals surface area (Å²) in [5, 5.41) is 0.599. The molecule has 2 heteroatoms. The van der Waals surface area contributed by atoms with Crippen molar-refractivity contribution in [2.75, 3.05) is 0 Å². The van der Waals surface area contributed by atoms with Gasteiger partial charge in [-0.3, -0.25) is 4.79 Å². The van der Waals surface area contributed by atoms with Gasteiger partial charge in [0.05, 0.1) is 0 Å². The van der Waals surface area contributed by atoms with E-state index in [2.05, 4.69) is 0 Å². The third kappa shape index (κ3) is 2.46. The van der Waals surface area contributed by atoms with E-state index >= 15 is 0 Å². The lowest BCUT2D eigenvalue weighted by atomic mass is 10.0. The van der Waals surface area contributed by atoms with E-state index in [9.17, 15) is 4.79 Å². The number of allylic oxidation sites excluding steroid dienone is 2. The first-order valence-electron chi connectivity index (χ1n) is 4.64. The SMILES string of the molecule is C/C=C(/CC)C(=O)c1cccc(Cl)c1. The van der Waals surface area contributed by atoms with E-state index in [1.165, 1.54) is 0 Å². The van der Waals surface area contributed by atoms with Gasteiger partial charge in [0.1, 0.15) is 0 Å². The number of Topliss-reactive ketones (excluding diaryl/α,β-unsaturated/α-hetero) is 1. The number of ketones is 1. The molecule has 0 unspecified atom stereocenters. The van der Waals surface area contributed by atoms with E-state index in [1.54, 1.807) is 24.3 Å². The minimum Gasteiger partial charge on any atom is -0.289 e. The zero-order valence-corrected chi connectivity index (χ0v) is 9.14. The second-order valence-electron chi connectivity index (χ2n) is 3.01. The van der Waals surface area contributed by atoms with E-state index in [0.717, 1.165) is 12.0 Å². The summed E-state index contributed by atoms with van der Waals surface area (Å²) in [6.45, 7) is 3.85. The quantitative estimate of drug-likeness (QED) is 0.544. The zero-order chi connectivity index (χ0) is 10.6. The molecule has 0 bridgehead atoms. The van der Waals surface area contributed by atoms with Crippen molar-refractivity contribution in [1.29, 1.82) is 0 Å². The van der Waals surface area contributed by atoms with Crippen LogP contribution in [0.15, 0.2) is 35.9 Å². The molecule has 1 nitrogen and oxygen atoms in total. The van der Waals surface area contributed by atoms with Crippen LogP contribution in [0.3, 0.4) is 0 Å². The second kappa shape index (κ2) is 4.97. The van der Waals surface area contributed by atoms with Crippen molar-refractivity contribution in [3.8, 4) is 0 Å². The number of hydrogen-bond donors (Lipinski definition) is 0. The van der Waals surface area contributed by atoms with Gasteiger partial charge in [0.2, 0.25) is 0 Å². The maximum atomic E-state index is 11.8. The number of carbonyl (C=O) groups excluding carboxylic acids is 1. The third-order valence-electron chi connectivity index (χ3n) is 2.11. The van der Waals surface area contributed by atoms with Crippen LogP contribution in [-0.4, -0.2) is 5.78 Å². The van der Waals surface area contributed by atoms with Crippen LogP contribution < -0.4 is 0 Å². The molecule has 0 saturated heterocycles. The molecule has 0 N–H and O–H groups in total. The predicted octanol–water partition coefficient (Wildman–Crippen LogP) is 3.88. The fourth-order valence-electron chi connectivity index (χ4n) is 1.31. The molecule has 0 fully saturated rings. The normalized spacial score (nSPS) is 11.5. The molecule has 1 aromatic carbocycles. The zero-order valence-electron chi connectivity index (χ0n) is 8.38. The first-order valence-corrected chi connectivity index (χ1v) is 5.02. The molecule has 0 radical (unpaired) electrons. The minimum atomic E-state index is 0.0671. The summed E-state index contributed by atoms with van der Waals surface area (Å²) < 4.78 is 0. The monoisotopic (exact) mass is 208 g/mol. The summed E-state index contributed by atoms with van der Waals surface area (Å²) in [4.78, 5) is 11.8. The summed E-state index contributed by atoms with van der Waals surface area (Å²) >= 11 is 5.81. The van der Waals surface area contributed by atoms with Gasteiger partial charge in [-0.25, -0.2) is 0 Å². The highest BCUT2D eigenvalue weighted by Crippen LogP contribution is 2.15. The first kappa shape index (κ1) is 11.0. The van der Waals surface area contributed by atoms with Gasteiger partial charge in [-0.05, 0) is 31.1 Å². The highest BCUT2D eigenvalue weighted by molar-refractivity contribution is 6.31. The number of carbonyl (C=O) groups is 1. The van der Waals surface area contributed by atoms with Gasteiger partial charge in [0.25, 0.3) is 0 Å². The number of rotatable bonds is 3. The van der Waals surface area contributed by atoms with Gasteiger partial charge < -0.3 is 0 Å². The van der Waals surface area contributed by atoms with Crippen molar-refractivity contribution < 1.29 is 4.79 Å². The summed E-state index contributed by atoms with van der Waals surface area (Å²) in [5.74, 6) is 0.0671. The lowest BCUT2D eigenvalue weighted by molar-refractivity contribution is 0.103. The van der Waals surface area contributed by atoms with Gasteiger partial charge in [-0.2, -0.15) is 0 Å². The number of halogens is 1. The van der Waals surface area contributed by atoms with Crippen LogP contribution in [0.25, 0.3) is 0 Å². The van der Waals surface area contributed by atoms with Gasteiger partial charge in [0.15, 0.2) is 5.78 Å². The highest BCUT2D eigenvalue weighted by Gasteiger charge is 2.09. The van der Waals surface area contributed by atoms with E-state index in [0.29, 0.717) is 10.6 Å². The highest BCUT2D eigenvalue weighted by atomic mass is 35.5. The minimum absolute atomic E-state index is 0.0671. The second-order valence-corrected chi connectivity index (χ2v) is 3.44.